The molecule has 0 aliphatic carbocycles. The first-order chi connectivity index (χ1) is 12.9. The number of rotatable bonds is 7. The van der Waals surface area contributed by atoms with Crippen LogP contribution in [0.15, 0.2) is 30.6 Å². The molecule has 9 heteroatoms. The number of hydrogen-bond acceptors (Lipinski definition) is 6. The van der Waals surface area contributed by atoms with Gasteiger partial charge in [-0.25, -0.2) is 9.97 Å². The number of aryl methyl sites for hydroxylation is 1. The normalized spacial score (nSPS) is 11.1. The summed E-state index contributed by atoms with van der Waals surface area (Å²) in [4.78, 5) is 32.7. The van der Waals surface area contributed by atoms with Crippen molar-refractivity contribution in [2.45, 2.75) is 26.8 Å². The van der Waals surface area contributed by atoms with Crippen LogP contribution in [0, 0.1) is 5.92 Å². The number of para-hydroxylation sites is 1. The Hall–Kier alpha value is -2.45. The lowest BCUT2D eigenvalue weighted by Gasteiger charge is -2.09. The lowest BCUT2D eigenvalue weighted by Crippen LogP contribution is -2.17. The zero-order valence-corrected chi connectivity index (χ0v) is 16.5. The average molecular weight is 407 g/mol. The third-order valence-corrected chi connectivity index (χ3v) is 4.96. The molecule has 27 heavy (non-hydrogen) atoms. The molecule has 3 aromatic rings. The maximum Gasteiger partial charge on any atom is 0.307 e. The Morgan fingerprint density at radius 3 is 2.93 bits per heavy atom. The summed E-state index contributed by atoms with van der Waals surface area (Å²) in [5.74, 6) is -0.0149. The van der Waals surface area contributed by atoms with Gasteiger partial charge in [0, 0.05) is 18.9 Å². The number of carbonyl (C=O) groups excluding carboxylic acids is 2. The van der Waals surface area contributed by atoms with Crippen LogP contribution in [0.1, 0.15) is 30.1 Å². The summed E-state index contributed by atoms with van der Waals surface area (Å²) in [6, 6.07) is 5.41. The van der Waals surface area contributed by atoms with Crippen molar-refractivity contribution >= 4 is 51.0 Å². The van der Waals surface area contributed by atoms with E-state index in [-0.39, 0.29) is 18.3 Å². The highest BCUT2D eigenvalue weighted by Gasteiger charge is 2.16. The van der Waals surface area contributed by atoms with Crippen molar-refractivity contribution in [2.75, 3.05) is 11.9 Å². The van der Waals surface area contributed by atoms with Gasteiger partial charge in [-0.3, -0.25) is 14.9 Å². The quantitative estimate of drug-likeness (QED) is 0.599. The lowest BCUT2D eigenvalue weighted by atomic mass is 10.2. The van der Waals surface area contributed by atoms with Gasteiger partial charge in [0.05, 0.1) is 22.8 Å². The molecule has 0 aliphatic rings. The molecule has 1 N–H and O–H groups in total. The number of aromatic nitrogens is 3. The van der Waals surface area contributed by atoms with E-state index in [1.54, 1.807) is 23.0 Å². The second kappa shape index (κ2) is 8.49. The molecule has 1 amide bonds. The second-order valence-electron chi connectivity index (χ2n) is 6.33. The van der Waals surface area contributed by atoms with Gasteiger partial charge in [0.1, 0.15) is 5.52 Å². The summed E-state index contributed by atoms with van der Waals surface area (Å²) in [5, 5.41) is 3.53. The summed E-state index contributed by atoms with van der Waals surface area (Å²) < 4.78 is 7.68. The van der Waals surface area contributed by atoms with E-state index in [0.29, 0.717) is 40.6 Å². The molecule has 0 bridgehead atoms. The zero-order valence-electron chi connectivity index (χ0n) is 14.9. The monoisotopic (exact) mass is 406 g/mol. The lowest BCUT2D eigenvalue weighted by molar-refractivity contribution is -0.144. The van der Waals surface area contributed by atoms with Crippen molar-refractivity contribution in [3.63, 3.8) is 0 Å². The van der Waals surface area contributed by atoms with E-state index in [2.05, 4.69) is 15.3 Å². The molecule has 0 saturated carbocycles. The molecule has 0 radical (unpaired) electrons. The van der Waals surface area contributed by atoms with Crippen molar-refractivity contribution in [3.05, 3.63) is 40.6 Å². The standard InChI is InChI=1S/C18H19ClN4O3S/c1-11(2)10-26-14(24)6-8-23-9-7-20-18(23)22-16(25)17-21-15-12(19)4-3-5-13(15)27-17/h3-5,7,9,11H,6,8,10H2,1-2H3,(H,20,22,25). The molecule has 142 valence electrons. The number of imidazole rings is 1. The Kier molecular flexibility index (Phi) is 6.08. The highest BCUT2D eigenvalue weighted by molar-refractivity contribution is 7.20. The molecule has 2 heterocycles. The van der Waals surface area contributed by atoms with Gasteiger partial charge in [0.15, 0.2) is 5.01 Å². The SMILES string of the molecule is CC(C)COC(=O)CCn1ccnc1NC(=O)c1nc2c(Cl)cccc2s1. The molecule has 7 nitrogen and oxygen atoms in total. The first-order valence-corrected chi connectivity index (χ1v) is 9.66. The van der Waals surface area contributed by atoms with Crippen LogP contribution in [0.3, 0.4) is 0 Å². The van der Waals surface area contributed by atoms with E-state index in [1.807, 2.05) is 26.0 Å². The Morgan fingerprint density at radius 2 is 2.19 bits per heavy atom. The topological polar surface area (TPSA) is 86.1 Å². The van der Waals surface area contributed by atoms with Crippen LogP contribution in [0.2, 0.25) is 5.02 Å². The number of esters is 1. The number of thiazole rings is 1. The number of carbonyl (C=O) groups is 2. The Bertz CT molecular complexity index is 967. The van der Waals surface area contributed by atoms with E-state index in [4.69, 9.17) is 16.3 Å². The molecule has 3 rings (SSSR count). The number of nitrogens with one attached hydrogen (secondary N) is 1. The van der Waals surface area contributed by atoms with Gasteiger partial charge in [0.2, 0.25) is 5.95 Å². The first kappa shape index (κ1) is 19.3. The highest BCUT2D eigenvalue weighted by Crippen LogP contribution is 2.28. The molecular weight excluding hydrogens is 388 g/mol. The van der Waals surface area contributed by atoms with Crippen molar-refractivity contribution in [2.24, 2.45) is 5.92 Å². The molecule has 2 aromatic heterocycles. The van der Waals surface area contributed by atoms with E-state index in [1.165, 1.54) is 11.3 Å². The predicted molar refractivity (Wildman–Crippen MR) is 105 cm³/mol. The van der Waals surface area contributed by atoms with Crippen molar-refractivity contribution in [1.29, 1.82) is 0 Å². The number of ether oxygens (including phenoxy) is 1. The third-order valence-electron chi connectivity index (χ3n) is 3.64. The molecule has 0 unspecified atom stereocenters. The number of fused-ring (bicyclic) bond motifs is 1. The number of hydrogen-bond donors (Lipinski definition) is 1. The number of nitrogens with zero attached hydrogens (tertiary/aromatic N) is 3. The van der Waals surface area contributed by atoms with E-state index in [0.717, 1.165) is 4.70 Å². The van der Waals surface area contributed by atoms with Crippen molar-refractivity contribution in [1.82, 2.24) is 14.5 Å². The zero-order chi connectivity index (χ0) is 19.4. The van der Waals surface area contributed by atoms with Crippen LogP contribution < -0.4 is 5.32 Å². The minimum absolute atomic E-state index is 0.197. The molecule has 0 aliphatic heterocycles. The van der Waals surface area contributed by atoms with Crippen LogP contribution in [0.4, 0.5) is 5.95 Å². The number of benzene rings is 1. The Morgan fingerprint density at radius 1 is 1.37 bits per heavy atom. The molecule has 0 atom stereocenters. The van der Waals surface area contributed by atoms with Gasteiger partial charge < -0.3 is 9.30 Å². The molecule has 1 aromatic carbocycles. The smallest absolute Gasteiger partial charge is 0.307 e. The van der Waals surface area contributed by atoms with Crippen LogP contribution in [-0.2, 0) is 16.1 Å². The third kappa shape index (κ3) is 4.84. The summed E-state index contributed by atoms with van der Waals surface area (Å²) in [5.41, 5.74) is 0.602. The molecule has 0 saturated heterocycles. The fourth-order valence-corrected chi connectivity index (χ4v) is 3.48. The van der Waals surface area contributed by atoms with Gasteiger partial charge in [-0.2, -0.15) is 0 Å². The van der Waals surface area contributed by atoms with Crippen LogP contribution >= 0.6 is 22.9 Å². The van der Waals surface area contributed by atoms with Crippen LogP contribution in [0.25, 0.3) is 10.2 Å². The van der Waals surface area contributed by atoms with Gasteiger partial charge in [-0.15, -0.1) is 11.3 Å². The predicted octanol–water partition coefficient (Wildman–Crippen LogP) is 3.99. The Labute approximate surface area is 165 Å². The maximum absolute atomic E-state index is 12.5. The van der Waals surface area contributed by atoms with Crippen molar-refractivity contribution in [3.8, 4) is 0 Å². The van der Waals surface area contributed by atoms with E-state index < -0.39 is 0 Å². The van der Waals surface area contributed by atoms with Crippen molar-refractivity contribution < 1.29 is 14.3 Å². The van der Waals surface area contributed by atoms with Gasteiger partial charge >= 0.3 is 5.97 Å². The molecular formula is C18H19ClN4O3S. The summed E-state index contributed by atoms with van der Waals surface area (Å²) >= 11 is 7.37. The number of anilines is 1. The van der Waals surface area contributed by atoms with Crippen LogP contribution in [-0.4, -0.2) is 33.0 Å². The molecule has 0 spiro atoms. The van der Waals surface area contributed by atoms with Gasteiger partial charge in [-0.1, -0.05) is 31.5 Å². The van der Waals surface area contributed by atoms with Crippen LogP contribution in [0.5, 0.6) is 0 Å². The summed E-state index contributed by atoms with van der Waals surface area (Å²) in [6.45, 7) is 4.71. The number of halogens is 1. The first-order valence-electron chi connectivity index (χ1n) is 8.47. The highest BCUT2D eigenvalue weighted by atomic mass is 35.5. The number of amides is 1. The molecule has 0 fully saturated rings. The second-order valence-corrected chi connectivity index (χ2v) is 7.77. The van der Waals surface area contributed by atoms with E-state index in [9.17, 15) is 9.59 Å². The summed E-state index contributed by atoms with van der Waals surface area (Å²) in [7, 11) is 0. The van der Waals surface area contributed by atoms with Gasteiger partial charge in [-0.05, 0) is 18.1 Å². The Balaban J connectivity index is 1.64. The fourth-order valence-electron chi connectivity index (χ4n) is 2.32. The minimum Gasteiger partial charge on any atom is -0.465 e. The van der Waals surface area contributed by atoms with Gasteiger partial charge in [0.25, 0.3) is 5.91 Å². The van der Waals surface area contributed by atoms with E-state index >= 15 is 0 Å². The fraction of sp³-hybridized carbons (Fsp3) is 0.333. The minimum atomic E-state index is -0.373. The summed E-state index contributed by atoms with van der Waals surface area (Å²) in [6.07, 6.45) is 3.45. The maximum atomic E-state index is 12.5. The largest absolute Gasteiger partial charge is 0.465 e. The average Bonchev–Trinajstić information content (AvgIpc) is 3.25.